The second kappa shape index (κ2) is 7.25. The van der Waals surface area contributed by atoms with E-state index in [1.807, 2.05) is 26.8 Å². The molecule has 0 fully saturated rings. The van der Waals surface area contributed by atoms with E-state index >= 15 is 0 Å². The van der Waals surface area contributed by atoms with E-state index in [2.05, 4.69) is 10.9 Å². The number of nitrogens with zero attached hydrogens (tertiary/aromatic N) is 1. The topological polar surface area (TPSA) is 87.5 Å². The summed E-state index contributed by atoms with van der Waals surface area (Å²) in [6.45, 7) is 5.62. The summed E-state index contributed by atoms with van der Waals surface area (Å²) < 4.78 is 0. The van der Waals surface area contributed by atoms with Crippen molar-refractivity contribution in [3.8, 4) is 0 Å². The first-order valence-corrected chi connectivity index (χ1v) is 7.61. The molecule has 2 rings (SSSR count). The predicted molar refractivity (Wildman–Crippen MR) is 94.1 cm³/mol. The van der Waals surface area contributed by atoms with Crippen LogP contribution in [-0.4, -0.2) is 22.4 Å². The molecule has 0 aliphatic carbocycles. The van der Waals surface area contributed by atoms with Gasteiger partial charge in [-0.25, -0.2) is 10.4 Å². The average molecular weight is 326 g/mol. The fraction of sp³-hybridized carbons (Fsp3) is 0.222. The van der Waals surface area contributed by atoms with Gasteiger partial charge in [0.2, 0.25) is 0 Å². The van der Waals surface area contributed by atoms with Gasteiger partial charge in [-0.3, -0.25) is 15.4 Å². The van der Waals surface area contributed by atoms with E-state index in [1.54, 1.807) is 48.5 Å². The smallest absolute Gasteiger partial charge is 0.277 e. The third-order valence-electron chi connectivity index (χ3n) is 3.19. The lowest BCUT2D eigenvalue weighted by atomic mass is 10.1. The van der Waals surface area contributed by atoms with Gasteiger partial charge in [0.05, 0.1) is 11.3 Å². The van der Waals surface area contributed by atoms with Crippen molar-refractivity contribution in [2.45, 2.75) is 26.3 Å². The fourth-order valence-electron chi connectivity index (χ4n) is 2.15. The number of nitrogens with one attached hydrogen (secondary N) is 2. The van der Waals surface area contributed by atoms with Crippen molar-refractivity contribution in [2.75, 3.05) is 5.43 Å². The van der Waals surface area contributed by atoms with Crippen LogP contribution in [-0.2, 0) is 0 Å². The van der Waals surface area contributed by atoms with Gasteiger partial charge in [0.1, 0.15) is 0 Å². The summed E-state index contributed by atoms with van der Waals surface area (Å²) in [6.07, 6.45) is 0. The van der Waals surface area contributed by atoms with E-state index in [0.717, 1.165) is 5.01 Å². The largest absolute Gasteiger partial charge is 0.323 e. The molecule has 2 aromatic carbocycles. The normalized spacial score (nSPS) is 11.0. The zero-order valence-corrected chi connectivity index (χ0v) is 14.0. The Kier molecular flexibility index (Phi) is 5.33. The molecule has 0 aliphatic heterocycles. The molecule has 0 aromatic heterocycles. The van der Waals surface area contributed by atoms with Crippen LogP contribution in [0.5, 0.6) is 0 Å². The first-order valence-electron chi connectivity index (χ1n) is 7.61. The SMILES string of the molecule is CC(C)(C)NN(C(=O)c1ccccc1)C(=O)c1ccccc1NN. The van der Waals surface area contributed by atoms with Crippen molar-refractivity contribution in [3.05, 3.63) is 65.7 Å². The molecule has 126 valence electrons. The lowest BCUT2D eigenvalue weighted by Crippen LogP contribution is -2.54. The first-order chi connectivity index (χ1) is 11.3. The zero-order valence-electron chi connectivity index (χ0n) is 14.0. The van der Waals surface area contributed by atoms with Gasteiger partial charge in [-0.15, -0.1) is 0 Å². The monoisotopic (exact) mass is 326 g/mol. The van der Waals surface area contributed by atoms with E-state index in [0.29, 0.717) is 16.8 Å². The Balaban J connectivity index is 2.43. The maximum absolute atomic E-state index is 13.0. The second-order valence-corrected chi connectivity index (χ2v) is 6.36. The lowest BCUT2D eigenvalue weighted by molar-refractivity contribution is 0.0453. The number of benzene rings is 2. The van der Waals surface area contributed by atoms with Gasteiger partial charge in [0, 0.05) is 11.1 Å². The molecule has 0 bridgehead atoms. The molecule has 0 heterocycles. The van der Waals surface area contributed by atoms with Crippen molar-refractivity contribution in [1.29, 1.82) is 0 Å². The molecule has 0 unspecified atom stereocenters. The number of amides is 2. The highest BCUT2D eigenvalue weighted by Gasteiger charge is 2.29. The Bertz CT molecular complexity index is 723. The number of carbonyl (C=O) groups excluding carboxylic acids is 2. The van der Waals surface area contributed by atoms with Gasteiger partial charge in [0.15, 0.2) is 0 Å². The molecular weight excluding hydrogens is 304 g/mol. The zero-order chi connectivity index (χ0) is 17.7. The van der Waals surface area contributed by atoms with Crippen LogP contribution in [0.25, 0.3) is 0 Å². The number of hydrogen-bond acceptors (Lipinski definition) is 5. The highest BCUT2D eigenvalue weighted by molar-refractivity contribution is 6.11. The Morgan fingerprint density at radius 2 is 1.50 bits per heavy atom. The molecule has 4 N–H and O–H groups in total. The molecule has 24 heavy (non-hydrogen) atoms. The third kappa shape index (κ3) is 4.18. The molecule has 6 heteroatoms. The van der Waals surface area contributed by atoms with Gasteiger partial charge in [-0.1, -0.05) is 30.3 Å². The average Bonchev–Trinajstić information content (AvgIpc) is 2.58. The molecule has 6 nitrogen and oxygen atoms in total. The molecule has 2 aromatic rings. The van der Waals surface area contributed by atoms with Gasteiger partial charge in [-0.05, 0) is 45.0 Å². The molecule has 0 atom stereocenters. The minimum absolute atomic E-state index is 0.307. The number of carbonyl (C=O) groups is 2. The summed E-state index contributed by atoms with van der Waals surface area (Å²) in [7, 11) is 0. The van der Waals surface area contributed by atoms with Crippen molar-refractivity contribution in [2.24, 2.45) is 5.84 Å². The van der Waals surface area contributed by atoms with E-state index < -0.39 is 17.4 Å². The number of imide groups is 1. The summed E-state index contributed by atoms with van der Waals surface area (Å²) >= 11 is 0. The van der Waals surface area contributed by atoms with Gasteiger partial charge < -0.3 is 5.43 Å². The third-order valence-corrected chi connectivity index (χ3v) is 3.19. The van der Waals surface area contributed by atoms with Gasteiger partial charge in [-0.2, -0.15) is 0 Å². The number of hydrogen-bond donors (Lipinski definition) is 3. The lowest BCUT2D eigenvalue weighted by Gasteiger charge is -2.30. The standard InChI is InChI=1S/C18H22N4O2/c1-18(2,3)21-22(16(23)13-9-5-4-6-10-13)17(24)14-11-7-8-12-15(14)20-19/h4-12,20-21H,19H2,1-3H3. The minimum Gasteiger partial charge on any atom is -0.323 e. The summed E-state index contributed by atoms with van der Waals surface area (Å²) in [5, 5.41) is 1.03. The number of hydrazine groups is 2. The van der Waals surface area contributed by atoms with Crippen LogP contribution in [0.3, 0.4) is 0 Å². The van der Waals surface area contributed by atoms with E-state index in [-0.39, 0.29) is 0 Å². The van der Waals surface area contributed by atoms with Crippen molar-refractivity contribution < 1.29 is 9.59 Å². The van der Waals surface area contributed by atoms with Crippen LogP contribution in [0.15, 0.2) is 54.6 Å². The molecule has 0 aliphatic rings. The quantitative estimate of drug-likeness (QED) is 0.456. The van der Waals surface area contributed by atoms with Gasteiger partial charge >= 0.3 is 0 Å². The number of para-hydroxylation sites is 1. The van der Waals surface area contributed by atoms with E-state index in [1.165, 1.54) is 0 Å². The van der Waals surface area contributed by atoms with Crippen molar-refractivity contribution in [1.82, 2.24) is 10.4 Å². The molecule has 0 saturated heterocycles. The van der Waals surface area contributed by atoms with Crippen LogP contribution in [0.2, 0.25) is 0 Å². The van der Waals surface area contributed by atoms with Crippen LogP contribution in [0, 0.1) is 0 Å². The molecular formula is C18H22N4O2. The summed E-state index contributed by atoms with van der Waals surface area (Å²) in [6, 6.07) is 15.4. The predicted octanol–water partition coefficient (Wildman–Crippen LogP) is 2.56. The summed E-state index contributed by atoms with van der Waals surface area (Å²) in [5.74, 6) is 4.57. The number of nitrogens with two attached hydrogens (primary N) is 1. The van der Waals surface area contributed by atoms with Crippen molar-refractivity contribution >= 4 is 17.5 Å². The Hall–Kier alpha value is -2.70. The van der Waals surface area contributed by atoms with E-state index in [9.17, 15) is 9.59 Å². The Morgan fingerprint density at radius 3 is 2.08 bits per heavy atom. The van der Waals surface area contributed by atoms with E-state index in [4.69, 9.17) is 5.84 Å². The molecule has 0 saturated carbocycles. The minimum atomic E-state index is -0.481. The van der Waals surface area contributed by atoms with Crippen molar-refractivity contribution in [3.63, 3.8) is 0 Å². The van der Waals surface area contributed by atoms with Crippen LogP contribution in [0.4, 0.5) is 5.69 Å². The van der Waals surface area contributed by atoms with Crippen LogP contribution >= 0.6 is 0 Å². The Morgan fingerprint density at radius 1 is 0.917 bits per heavy atom. The Labute approximate surface area is 141 Å². The fourth-order valence-corrected chi connectivity index (χ4v) is 2.15. The summed E-state index contributed by atoms with van der Waals surface area (Å²) in [5.41, 5.74) is 6.15. The highest BCUT2D eigenvalue weighted by Crippen LogP contribution is 2.18. The van der Waals surface area contributed by atoms with Crippen LogP contribution in [0.1, 0.15) is 41.5 Å². The number of anilines is 1. The molecule has 0 spiro atoms. The summed E-state index contributed by atoms with van der Waals surface area (Å²) in [4.78, 5) is 25.8. The van der Waals surface area contributed by atoms with Gasteiger partial charge in [0.25, 0.3) is 11.8 Å². The highest BCUT2D eigenvalue weighted by atomic mass is 16.2. The number of rotatable bonds is 4. The number of nitrogen functional groups attached to an aromatic ring is 1. The second-order valence-electron chi connectivity index (χ2n) is 6.36. The molecule has 2 amide bonds. The van der Waals surface area contributed by atoms with Crippen LogP contribution < -0.4 is 16.7 Å². The maximum atomic E-state index is 13.0. The molecule has 0 radical (unpaired) electrons. The maximum Gasteiger partial charge on any atom is 0.277 e. The first kappa shape index (κ1) is 17.7.